The number of aromatic amines is 1. The lowest BCUT2D eigenvalue weighted by Gasteiger charge is -2.33. The Morgan fingerprint density at radius 2 is 1.86 bits per heavy atom. The number of benzene rings is 2. The zero-order valence-corrected chi connectivity index (χ0v) is 16.5. The molecule has 0 unspecified atom stereocenters. The molecule has 1 aliphatic heterocycles. The number of piperazine rings is 1. The van der Waals surface area contributed by atoms with E-state index in [4.69, 9.17) is 4.74 Å². The van der Waals surface area contributed by atoms with Gasteiger partial charge in [0, 0.05) is 38.3 Å². The number of H-pyrrole nitrogens is 1. The third kappa shape index (κ3) is 3.96. The Labute approximate surface area is 167 Å². The van der Waals surface area contributed by atoms with Crippen LogP contribution in [0.25, 0.3) is 11.0 Å². The lowest BCUT2D eigenvalue weighted by Crippen LogP contribution is -2.48. The Bertz CT molecular complexity index is 1140. The maximum Gasteiger partial charge on any atom is 0.246 e. The summed E-state index contributed by atoms with van der Waals surface area (Å²) in [6.45, 7) is 1.92. The largest absolute Gasteiger partial charge is 0.497 e. The molecule has 0 aliphatic carbocycles. The van der Waals surface area contributed by atoms with Crippen LogP contribution in [-0.4, -0.2) is 60.9 Å². The molecule has 154 valence electrons. The molecule has 1 fully saturated rings. The SMILES string of the molecule is COc1ccc2nc(CN3CCN(S(=O)(=O)c4ccc(F)cc4F)CC3)[nH]c2c1. The molecule has 7 nitrogen and oxygen atoms in total. The topological polar surface area (TPSA) is 78.5 Å². The lowest BCUT2D eigenvalue weighted by atomic mass is 10.3. The molecule has 2 heterocycles. The van der Waals surface area contributed by atoms with E-state index in [1.165, 1.54) is 4.31 Å². The fraction of sp³-hybridized carbons (Fsp3) is 0.316. The number of imidazole rings is 1. The Morgan fingerprint density at radius 1 is 1.10 bits per heavy atom. The molecule has 0 atom stereocenters. The summed E-state index contributed by atoms with van der Waals surface area (Å²) in [7, 11) is -2.41. The van der Waals surface area contributed by atoms with Crippen LogP contribution in [0.15, 0.2) is 41.3 Å². The highest BCUT2D eigenvalue weighted by Gasteiger charge is 2.31. The standard InChI is InChI=1S/C19H20F2N4O3S/c1-28-14-3-4-16-17(11-14)23-19(22-16)12-24-6-8-25(9-7-24)29(26,27)18-5-2-13(20)10-15(18)21/h2-5,10-11H,6-9,12H2,1H3,(H,22,23). The Morgan fingerprint density at radius 3 is 2.55 bits per heavy atom. The Kier molecular flexibility index (Phi) is 5.24. The van der Waals surface area contributed by atoms with E-state index in [-0.39, 0.29) is 13.1 Å². The average Bonchev–Trinajstić information content (AvgIpc) is 3.09. The average molecular weight is 422 g/mol. The molecular formula is C19H20F2N4O3S. The number of nitrogens with one attached hydrogen (secondary N) is 1. The molecule has 0 amide bonds. The number of hydrogen-bond acceptors (Lipinski definition) is 5. The van der Waals surface area contributed by atoms with Crippen LogP contribution in [0, 0.1) is 11.6 Å². The molecule has 3 aromatic rings. The maximum atomic E-state index is 13.9. The third-order valence-electron chi connectivity index (χ3n) is 4.95. The molecule has 1 N–H and O–H groups in total. The van der Waals surface area contributed by atoms with E-state index in [1.54, 1.807) is 7.11 Å². The van der Waals surface area contributed by atoms with Crippen molar-refractivity contribution in [2.75, 3.05) is 33.3 Å². The summed E-state index contributed by atoms with van der Waals surface area (Å²) in [6.07, 6.45) is 0. The van der Waals surface area contributed by atoms with Crippen LogP contribution in [-0.2, 0) is 16.6 Å². The molecule has 0 saturated carbocycles. The van der Waals surface area contributed by atoms with Gasteiger partial charge in [0.05, 0.1) is 24.7 Å². The zero-order valence-electron chi connectivity index (χ0n) is 15.7. The fourth-order valence-electron chi connectivity index (χ4n) is 3.41. The van der Waals surface area contributed by atoms with Crippen molar-refractivity contribution in [3.63, 3.8) is 0 Å². The van der Waals surface area contributed by atoms with E-state index >= 15 is 0 Å². The molecule has 2 aromatic carbocycles. The predicted molar refractivity (Wildman–Crippen MR) is 103 cm³/mol. The van der Waals surface area contributed by atoms with Gasteiger partial charge < -0.3 is 9.72 Å². The number of hydrogen-bond donors (Lipinski definition) is 1. The van der Waals surface area contributed by atoms with Gasteiger partial charge >= 0.3 is 0 Å². The quantitative estimate of drug-likeness (QED) is 0.683. The van der Waals surface area contributed by atoms with E-state index in [0.717, 1.165) is 34.7 Å². The highest BCUT2D eigenvalue weighted by Crippen LogP contribution is 2.23. The molecular weight excluding hydrogens is 402 g/mol. The fourth-order valence-corrected chi connectivity index (χ4v) is 4.87. The molecule has 0 spiro atoms. The minimum Gasteiger partial charge on any atom is -0.497 e. The monoisotopic (exact) mass is 422 g/mol. The van der Waals surface area contributed by atoms with Gasteiger partial charge in [-0.05, 0) is 24.3 Å². The minimum absolute atomic E-state index is 0.215. The Balaban J connectivity index is 1.43. The van der Waals surface area contributed by atoms with Crippen molar-refractivity contribution >= 4 is 21.1 Å². The van der Waals surface area contributed by atoms with Gasteiger partial charge in [0.2, 0.25) is 10.0 Å². The zero-order chi connectivity index (χ0) is 20.6. The van der Waals surface area contributed by atoms with Gasteiger partial charge in [0.15, 0.2) is 0 Å². The molecule has 0 bridgehead atoms. The number of ether oxygens (including phenoxy) is 1. The van der Waals surface area contributed by atoms with Crippen LogP contribution in [0.4, 0.5) is 8.78 Å². The van der Waals surface area contributed by atoms with E-state index in [1.807, 2.05) is 18.2 Å². The van der Waals surface area contributed by atoms with Crippen LogP contribution in [0.5, 0.6) is 5.75 Å². The highest BCUT2D eigenvalue weighted by atomic mass is 32.2. The normalized spacial score (nSPS) is 16.4. The molecule has 1 saturated heterocycles. The second-order valence-corrected chi connectivity index (χ2v) is 8.73. The summed E-state index contributed by atoms with van der Waals surface area (Å²) in [5, 5.41) is 0. The summed E-state index contributed by atoms with van der Waals surface area (Å²) in [4.78, 5) is 9.37. The number of nitrogens with zero attached hydrogens (tertiary/aromatic N) is 3. The predicted octanol–water partition coefficient (Wildman–Crippen LogP) is 2.36. The second kappa shape index (κ2) is 7.69. The van der Waals surface area contributed by atoms with Crippen LogP contribution in [0.3, 0.4) is 0 Å². The molecule has 10 heteroatoms. The highest BCUT2D eigenvalue weighted by molar-refractivity contribution is 7.89. The summed E-state index contributed by atoms with van der Waals surface area (Å²) in [5.41, 5.74) is 1.70. The van der Waals surface area contributed by atoms with Crippen molar-refractivity contribution in [2.45, 2.75) is 11.4 Å². The van der Waals surface area contributed by atoms with Gasteiger partial charge in [0.25, 0.3) is 0 Å². The van der Waals surface area contributed by atoms with Crippen molar-refractivity contribution < 1.29 is 21.9 Å². The van der Waals surface area contributed by atoms with Crippen molar-refractivity contribution in [3.8, 4) is 5.75 Å². The van der Waals surface area contributed by atoms with Crippen LogP contribution in [0.1, 0.15) is 5.82 Å². The first-order chi connectivity index (χ1) is 13.9. The minimum atomic E-state index is -4.01. The number of halogens is 2. The summed E-state index contributed by atoms with van der Waals surface area (Å²) in [6, 6.07) is 8.08. The Hall–Kier alpha value is -2.56. The molecule has 0 radical (unpaired) electrons. The first-order valence-electron chi connectivity index (χ1n) is 9.07. The van der Waals surface area contributed by atoms with E-state index in [9.17, 15) is 17.2 Å². The number of rotatable bonds is 5. The smallest absolute Gasteiger partial charge is 0.246 e. The van der Waals surface area contributed by atoms with E-state index in [0.29, 0.717) is 25.7 Å². The number of sulfonamides is 1. The van der Waals surface area contributed by atoms with Gasteiger partial charge in [-0.2, -0.15) is 4.31 Å². The summed E-state index contributed by atoms with van der Waals surface area (Å²) in [5.74, 6) is -0.381. The molecule has 1 aliphatic rings. The van der Waals surface area contributed by atoms with Gasteiger partial charge in [-0.25, -0.2) is 22.2 Å². The van der Waals surface area contributed by atoms with Gasteiger partial charge in [-0.1, -0.05) is 0 Å². The van der Waals surface area contributed by atoms with Crippen LogP contribution >= 0.6 is 0 Å². The number of fused-ring (bicyclic) bond motifs is 1. The summed E-state index contributed by atoms with van der Waals surface area (Å²) < 4.78 is 58.8. The van der Waals surface area contributed by atoms with Gasteiger partial charge in [-0.15, -0.1) is 0 Å². The first-order valence-corrected chi connectivity index (χ1v) is 10.5. The maximum absolute atomic E-state index is 13.9. The third-order valence-corrected chi connectivity index (χ3v) is 6.89. The van der Waals surface area contributed by atoms with Crippen LogP contribution < -0.4 is 4.74 Å². The van der Waals surface area contributed by atoms with Crippen molar-refractivity contribution in [2.24, 2.45) is 0 Å². The van der Waals surface area contributed by atoms with E-state index in [2.05, 4.69) is 14.9 Å². The van der Waals surface area contributed by atoms with Crippen molar-refractivity contribution in [1.29, 1.82) is 0 Å². The molecule has 29 heavy (non-hydrogen) atoms. The van der Waals surface area contributed by atoms with Gasteiger partial charge in [0.1, 0.15) is 28.1 Å². The van der Waals surface area contributed by atoms with Crippen LogP contribution in [0.2, 0.25) is 0 Å². The number of methoxy groups -OCH3 is 1. The number of aromatic nitrogens is 2. The van der Waals surface area contributed by atoms with Crippen molar-refractivity contribution in [3.05, 3.63) is 53.9 Å². The van der Waals surface area contributed by atoms with E-state index < -0.39 is 26.6 Å². The summed E-state index contributed by atoms with van der Waals surface area (Å²) >= 11 is 0. The molecule has 1 aromatic heterocycles. The first kappa shape index (κ1) is 19.7. The lowest BCUT2D eigenvalue weighted by molar-refractivity contribution is 0.178. The van der Waals surface area contributed by atoms with Gasteiger partial charge in [-0.3, -0.25) is 4.90 Å². The molecule has 4 rings (SSSR count). The van der Waals surface area contributed by atoms with Crippen molar-refractivity contribution in [1.82, 2.24) is 19.2 Å². The second-order valence-electron chi connectivity index (χ2n) is 6.82.